The second kappa shape index (κ2) is 11.0. The Morgan fingerprint density at radius 2 is 2.03 bits per heavy atom. The highest BCUT2D eigenvalue weighted by Gasteiger charge is 2.32. The van der Waals surface area contributed by atoms with Gasteiger partial charge in [-0.1, -0.05) is 13.8 Å². The predicted octanol–water partition coefficient (Wildman–Crippen LogP) is 2.11. The lowest BCUT2D eigenvalue weighted by Crippen LogP contribution is -2.50. The molecule has 168 valence electrons. The van der Waals surface area contributed by atoms with Crippen LogP contribution in [0, 0.1) is 5.92 Å². The van der Waals surface area contributed by atoms with Crippen molar-refractivity contribution in [2.75, 3.05) is 38.0 Å². The molecule has 1 aliphatic rings. The third-order valence-electron chi connectivity index (χ3n) is 4.60. The molecular formula is C19H30F3N7O. The van der Waals surface area contributed by atoms with E-state index in [2.05, 4.69) is 30.9 Å². The van der Waals surface area contributed by atoms with Crippen LogP contribution in [0.3, 0.4) is 0 Å². The van der Waals surface area contributed by atoms with E-state index in [0.717, 1.165) is 25.1 Å². The third kappa shape index (κ3) is 7.34. The Hall–Kier alpha value is -2.59. The second-order valence-electron chi connectivity index (χ2n) is 7.35. The van der Waals surface area contributed by atoms with Crippen molar-refractivity contribution in [1.82, 2.24) is 25.5 Å². The van der Waals surface area contributed by atoms with Crippen molar-refractivity contribution >= 4 is 17.8 Å². The van der Waals surface area contributed by atoms with Gasteiger partial charge in [-0.25, -0.2) is 9.97 Å². The molecule has 1 aromatic heterocycles. The number of anilines is 1. The first kappa shape index (κ1) is 23.7. The van der Waals surface area contributed by atoms with Crippen molar-refractivity contribution in [1.29, 1.82) is 0 Å². The van der Waals surface area contributed by atoms with Crippen molar-refractivity contribution in [2.24, 2.45) is 10.9 Å². The lowest BCUT2D eigenvalue weighted by atomic mass is 10.0. The van der Waals surface area contributed by atoms with Gasteiger partial charge in [0, 0.05) is 44.3 Å². The monoisotopic (exact) mass is 429 g/mol. The number of carbonyl (C=O) groups excluding carboxylic acids is 1. The molecule has 1 aliphatic heterocycles. The molecule has 2 heterocycles. The first-order valence-corrected chi connectivity index (χ1v) is 10.2. The fraction of sp³-hybridized carbons (Fsp3) is 0.684. The normalized spacial score (nSPS) is 16.0. The lowest BCUT2D eigenvalue weighted by Gasteiger charge is -2.34. The van der Waals surface area contributed by atoms with Gasteiger partial charge in [-0.3, -0.25) is 9.79 Å². The number of carbonyl (C=O) groups is 1. The molecule has 0 unspecified atom stereocenters. The first-order chi connectivity index (χ1) is 14.2. The van der Waals surface area contributed by atoms with E-state index in [-0.39, 0.29) is 23.8 Å². The molecule has 0 saturated carbocycles. The van der Waals surface area contributed by atoms with Crippen molar-refractivity contribution in [3.63, 3.8) is 0 Å². The average Bonchev–Trinajstić information content (AvgIpc) is 2.71. The van der Waals surface area contributed by atoms with Crippen LogP contribution in [0.5, 0.6) is 0 Å². The average molecular weight is 429 g/mol. The van der Waals surface area contributed by atoms with Gasteiger partial charge in [-0.05, 0) is 25.8 Å². The van der Waals surface area contributed by atoms with Gasteiger partial charge in [0.25, 0.3) is 0 Å². The molecule has 0 aliphatic carbocycles. The highest BCUT2D eigenvalue weighted by Crippen LogP contribution is 2.27. The molecule has 2 rings (SSSR count). The molecule has 3 N–H and O–H groups in total. The third-order valence-corrected chi connectivity index (χ3v) is 4.60. The maximum absolute atomic E-state index is 12.7. The van der Waals surface area contributed by atoms with Crippen molar-refractivity contribution in [3.8, 4) is 0 Å². The van der Waals surface area contributed by atoms with E-state index in [1.807, 2.05) is 25.7 Å². The zero-order valence-corrected chi connectivity index (χ0v) is 17.6. The number of hydrogen-bond donors (Lipinski definition) is 3. The molecule has 1 amide bonds. The molecule has 0 spiro atoms. The van der Waals surface area contributed by atoms with Crippen LogP contribution in [0.1, 0.15) is 39.3 Å². The van der Waals surface area contributed by atoms with Gasteiger partial charge >= 0.3 is 6.18 Å². The Morgan fingerprint density at radius 1 is 1.33 bits per heavy atom. The Kier molecular flexibility index (Phi) is 8.67. The molecule has 30 heavy (non-hydrogen) atoms. The summed E-state index contributed by atoms with van der Waals surface area (Å²) in [7, 11) is 0. The number of guanidine groups is 1. The molecule has 1 fully saturated rings. The molecule has 0 bridgehead atoms. The van der Waals surface area contributed by atoms with E-state index in [0.29, 0.717) is 38.7 Å². The van der Waals surface area contributed by atoms with Crippen LogP contribution in [-0.2, 0) is 11.0 Å². The van der Waals surface area contributed by atoms with E-state index < -0.39 is 11.9 Å². The van der Waals surface area contributed by atoms with E-state index in [4.69, 9.17) is 0 Å². The largest absolute Gasteiger partial charge is 0.433 e. The number of amides is 1. The van der Waals surface area contributed by atoms with Crippen molar-refractivity contribution < 1.29 is 18.0 Å². The van der Waals surface area contributed by atoms with Gasteiger partial charge in [0.15, 0.2) is 5.96 Å². The number of hydrogen-bond acceptors (Lipinski definition) is 5. The fourth-order valence-electron chi connectivity index (χ4n) is 3.06. The van der Waals surface area contributed by atoms with Crippen molar-refractivity contribution in [2.45, 2.75) is 45.8 Å². The summed E-state index contributed by atoms with van der Waals surface area (Å²) in [5.74, 6) is 0.733. The number of likely N-dealkylation sites (tertiary alicyclic amines) is 1. The van der Waals surface area contributed by atoms with Gasteiger partial charge in [0.05, 0.1) is 6.54 Å². The minimum atomic E-state index is -4.50. The Bertz CT molecular complexity index is 716. The molecule has 0 radical (unpaired) electrons. The summed E-state index contributed by atoms with van der Waals surface area (Å²) >= 11 is 0. The Morgan fingerprint density at radius 3 is 2.63 bits per heavy atom. The molecule has 8 nitrogen and oxygen atoms in total. The number of aromatic nitrogens is 2. The lowest BCUT2D eigenvalue weighted by molar-refractivity contribution is -0.141. The molecule has 0 atom stereocenters. The maximum atomic E-state index is 12.7. The van der Waals surface area contributed by atoms with Crippen LogP contribution in [-0.4, -0.2) is 65.5 Å². The highest BCUT2D eigenvalue weighted by molar-refractivity contribution is 5.80. The highest BCUT2D eigenvalue weighted by atomic mass is 19.4. The zero-order valence-electron chi connectivity index (χ0n) is 17.6. The summed E-state index contributed by atoms with van der Waals surface area (Å²) in [4.78, 5) is 25.7. The summed E-state index contributed by atoms with van der Waals surface area (Å²) in [6.45, 7) is 8.49. The number of halogens is 3. The Labute approximate surface area is 174 Å². The van der Waals surface area contributed by atoms with Crippen LogP contribution in [0.2, 0.25) is 0 Å². The van der Waals surface area contributed by atoms with E-state index in [9.17, 15) is 18.0 Å². The summed E-state index contributed by atoms with van der Waals surface area (Å²) in [6.07, 6.45) is -1.77. The first-order valence-electron chi connectivity index (χ1n) is 10.2. The molecule has 11 heteroatoms. The van der Waals surface area contributed by atoms with Crippen LogP contribution in [0.15, 0.2) is 17.3 Å². The van der Waals surface area contributed by atoms with Crippen LogP contribution < -0.4 is 16.0 Å². The van der Waals surface area contributed by atoms with E-state index in [1.165, 1.54) is 0 Å². The van der Waals surface area contributed by atoms with Gasteiger partial charge in [0.2, 0.25) is 11.9 Å². The van der Waals surface area contributed by atoms with E-state index >= 15 is 0 Å². The minimum absolute atomic E-state index is 0.00157. The number of rotatable bonds is 7. The van der Waals surface area contributed by atoms with Gasteiger partial charge in [-0.2, -0.15) is 13.2 Å². The van der Waals surface area contributed by atoms with Crippen LogP contribution in [0.25, 0.3) is 0 Å². The number of nitrogens with zero attached hydrogens (tertiary/aromatic N) is 4. The van der Waals surface area contributed by atoms with Crippen molar-refractivity contribution in [3.05, 3.63) is 18.0 Å². The second-order valence-corrected chi connectivity index (χ2v) is 7.35. The maximum Gasteiger partial charge on any atom is 0.433 e. The Balaban J connectivity index is 1.82. The topological polar surface area (TPSA) is 94.5 Å². The molecule has 1 aromatic rings. The zero-order chi connectivity index (χ0) is 22.1. The summed E-state index contributed by atoms with van der Waals surface area (Å²) in [5, 5.41) is 9.28. The van der Waals surface area contributed by atoms with E-state index in [1.54, 1.807) is 0 Å². The van der Waals surface area contributed by atoms with Gasteiger partial charge in [0.1, 0.15) is 5.69 Å². The minimum Gasteiger partial charge on any atom is -0.357 e. The fourth-order valence-corrected chi connectivity index (χ4v) is 3.06. The summed E-state index contributed by atoms with van der Waals surface area (Å²) < 4.78 is 38.1. The smallest absolute Gasteiger partial charge is 0.357 e. The predicted molar refractivity (Wildman–Crippen MR) is 109 cm³/mol. The molecule has 1 saturated heterocycles. The number of piperidine rings is 1. The quantitative estimate of drug-likeness (QED) is 0.349. The number of nitrogens with one attached hydrogen (secondary N) is 3. The standard InChI is InChI=1S/C19H30F3N7O/c1-4-23-17(27-14-6-11-29(12-7-14)16(30)13(2)3)25-9-10-26-18-24-8-5-15(28-18)19(20,21)22/h5,8,13-14H,4,6-7,9-12H2,1-3H3,(H2,23,25,27)(H,24,26,28). The summed E-state index contributed by atoms with van der Waals surface area (Å²) in [5.41, 5.74) is -0.985. The number of aliphatic imine (C=N–C) groups is 1. The van der Waals surface area contributed by atoms with Gasteiger partial charge < -0.3 is 20.9 Å². The van der Waals surface area contributed by atoms with Crippen LogP contribution >= 0.6 is 0 Å². The summed E-state index contributed by atoms with van der Waals surface area (Å²) in [6, 6.07) is 1.04. The van der Waals surface area contributed by atoms with Gasteiger partial charge in [-0.15, -0.1) is 0 Å². The SMILES string of the molecule is CCNC(=NCCNc1nccc(C(F)(F)F)n1)NC1CCN(C(=O)C(C)C)CC1. The molecule has 0 aromatic carbocycles. The van der Waals surface area contributed by atoms with Crippen LogP contribution in [0.4, 0.5) is 19.1 Å². The number of alkyl halides is 3. The molecular weight excluding hydrogens is 399 g/mol.